The monoisotopic (exact) mass is 277 g/mol. The maximum Gasteiger partial charge on any atom is 0.223 e. The average Bonchev–Trinajstić information content (AvgIpc) is 2.90. The molecule has 0 aliphatic heterocycles. The quantitative estimate of drug-likeness (QED) is 0.886. The van der Waals surface area contributed by atoms with Crippen LogP contribution in [0.15, 0.2) is 24.3 Å². The average molecular weight is 277 g/mol. The van der Waals surface area contributed by atoms with Gasteiger partial charge in [-0.1, -0.05) is 18.6 Å². The van der Waals surface area contributed by atoms with Crippen molar-refractivity contribution in [3.8, 4) is 0 Å². The highest BCUT2D eigenvalue weighted by atomic mass is 19.1. The molecule has 1 aromatic carbocycles. The Hall–Kier alpha value is -1.42. The maximum atomic E-state index is 12.9. The molecule has 0 heterocycles. The molecule has 3 unspecified atom stereocenters. The standard InChI is InChI=1S/C16H20FNO2/c1-16(20,10-5-7-11(17)8-6-10)9-18-15(19)14-12-3-2-4-13(12)14/h5-8,12-14,20H,2-4,9H2,1H3,(H,18,19). The zero-order valence-corrected chi connectivity index (χ0v) is 11.6. The largest absolute Gasteiger partial charge is 0.384 e. The van der Waals surface area contributed by atoms with Gasteiger partial charge in [0, 0.05) is 5.92 Å². The fourth-order valence-electron chi connectivity index (χ4n) is 3.50. The molecule has 3 atom stereocenters. The number of nitrogens with one attached hydrogen (secondary N) is 1. The molecular formula is C16H20FNO2. The van der Waals surface area contributed by atoms with Gasteiger partial charge in [0.1, 0.15) is 11.4 Å². The number of halogens is 1. The number of fused-ring (bicyclic) bond motifs is 1. The summed E-state index contributed by atoms with van der Waals surface area (Å²) in [5.41, 5.74) is -0.567. The first-order valence-electron chi connectivity index (χ1n) is 7.25. The minimum absolute atomic E-state index is 0.0575. The van der Waals surface area contributed by atoms with Crippen LogP contribution in [0.1, 0.15) is 31.7 Å². The van der Waals surface area contributed by atoms with Crippen molar-refractivity contribution in [2.45, 2.75) is 31.8 Å². The highest BCUT2D eigenvalue weighted by Gasteiger charge is 2.56. The van der Waals surface area contributed by atoms with Gasteiger partial charge in [0.05, 0.1) is 6.54 Å². The Bertz CT molecular complexity index is 502. The smallest absolute Gasteiger partial charge is 0.223 e. The molecular weight excluding hydrogens is 257 g/mol. The second kappa shape index (κ2) is 4.85. The van der Waals surface area contributed by atoms with Gasteiger partial charge < -0.3 is 10.4 Å². The highest BCUT2D eigenvalue weighted by molar-refractivity contribution is 5.82. The molecule has 3 nitrogen and oxygen atoms in total. The van der Waals surface area contributed by atoms with Crippen LogP contribution in [0, 0.1) is 23.6 Å². The Balaban J connectivity index is 1.57. The number of amides is 1. The van der Waals surface area contributed by atoms with Crippen LogP contribution in [-0.4, -0.2) is 17.6 Å². The predicted molar refractivity (Wildman–Crippen MR) is 73.3 cm³/mol. The van der Waals surface area contributed by atoms with Crippen molar-refractivity contribution < 1.29 is 14.3 Å². The fraction of sp³-hybridized carbons (Fsp3) is 0.562. The predicted octanol–water partition coefficient (Wildman–Crippen LogP) is 2.20. The van der Waals surface area contributed by atoms with Crippen molar-refractivity contribution in [3.63, 3.8) is 0 Å². The van der Waals surface area contributed by atoms with Gasteiger partial charge in [-0.25, -0.2) is 4.39 Å². The summed E-state index contributed by atoms with van der Waals surface area (Å²) in [5, 5.41) is 13.2. The third-order valence-corrected chi connectivity index (χ3v) is 4.78. The van der Waals surface area contributed by atoms with Crippen molar-refractivity contribution in [1.29, 1.82) is 0 Å². The van der Waals surface area contributed by atoms with E-state index in [4.69, 9.17) is 0 Å². The van der Waals surface area contributed by atoms with Gasteiger partial charge in [-0.05, 0) is 49.3 Å². The lowest BCUT2D eigenvalue weighted by Gasteiger charge is -2.24. The first kappa shape index (κ1) is 13.6. The normalized spacial score (nSPS) is 30.4. The van der Waals surface area contributed by atoms with Gasteiger partial charge in [0.25, 0.3) is 0 Å². The van der Waals surface area contributed by atoms with Crippen LogP contribution in [0.3, 0.4) is 0 Å². The van der Waals surface area contributed by atoms with E-state index in [1.807, 2.05) is 0 Å². The molecule has 20 heavy (non-hydrogen) atoms. The van der Waals surface area contributed by atoms with Gasteiger partial charge in [-0.3, -0.25) is 4.79 Å². The number of carbonyl (C=O) groups excluding carboxylic acids is 1. The lowest BCUT2D eigenvalue weighted by molar-refractivity contribution is -0.124. The number of rotatable bonds is 4. The summed E-state index contributed by atoms with van der Waals surface area (Å²) < 4.78 is 12.9. The molecule has 0 bridgehead atoms. The van der Waals surface area contributed by atoms with Crippen LogP contribution < -0.4 is 5.32 Å². The summed E-state index contributed by atoms with van der Waals surface area (Å²) >= 11 is 0. The number of hydrogen-bond donors (Lipinski definition) is 2. The number of benzene rings is 1. The Morgan fingerprint density at radius 1 is 1.35 bits per heavy atom. The van der Waals surface area contributed by atoms with Gasteiger partial charge in [-0.2, -0.15) is 0 Å². The minimum Gasteiger partial charge on any atom is -0.384 e. The third-order valence-electron chi connectivity index (χ3n) is 4.78. The molecule has 0 radical (unpaired) electrons. The summed E-state index contributed by atoms with van der Waals surface area (Å²) in [4.78, 5) is 12.1. The zero-order valence-electron chi connectivity index (χ0n) is 11.6. The minimum atomic E-state index is -1.17. The fourth-order valence-corrected chi connectivity index (χ4v) is 3.50. The molecule has 2 N–H and O–H groups in total. The maximum absolute atomic E-state index is 12.9. The second-order valence-electron chi connectivity index (χ2n) is 6.28. The number of hydrogen-bond acceptors (Lipinski definition) is 2. The molecule has 2 aliphatic carbocycles. The number of carbonyl (C=O) groups is 1. The van der Waals surface area contributed by atoms with Crippen molar-refractivity contribution in [1.82, 2.24) is 5.32 Å². The van der Waals surface area contributed by atoms with Gasteiger partial charge >= 0.3 is 0 Å². The molecule has 2 fully saturated rings. The summed E-state index contributed by atoms with van der Waals surface area (Å²) in [6.07, 6.45) is 3.57. The van der Waals surface area contributed by atoms with Crippen LogP contribution in [-0.2, 0) is 10.4 Å². The van der Waals surface area contributed by atoms with Crippen LogP contribution >= 0.6 is 0 Å². The highest BCUT2D eigenvalue weighted by Crippen LogP contribution is 2.57. The van der Waals surface area contributed by atoms with E-state index in [1.165, 1.54) is 18.6 Å². The van der Waals surface area contributed by atoms with E-state index in [-0.39, 0.29) is 24.2 Å². The Kier molecular flexibility index (Phi) is 3.28. The molecule has 0 spiro atoms. The summed E-state index contributed by atoms with van der Waals surface area (Å²) in [6, 6.07) is 5.73. The van der Waals surface area contributed by atoms with Crippen molar-refractivity contribution in [3.05, 3.63) is 35.6 Å². The van der Waals surface area contributed by atoms with Crippen LogP contribution in [0.5, 0.6) is 0 Å². The summed E-state index contributed by atoms with van der Waals surface area (Å²) in [7, 11) is 0. The van der Waals surface area contributed by atoms with E-state index in [1.54, 1.807) is 19.1 Å². The van der Waals surface area contributed by atoms with Crippen molar-refractivity contribution in [2.24, 2.45) is 17.8 Å². The van der Waals surface area contributed by atoms with E-state index >= 15 is 0 Å². The Morgan fingerprint density at radius 3 is 2.55 bits per heavy atom. The number of aliphatic hydroxyl groups is 1. The van der Waals surface area contributed by atoms with E-state index in [9.17, 15) is 14.3 Å². The van der Waals surface area contributed by atoms with Crippen LogP contribution in [0.25, 0.3) is 0 Å². The molecule has 1 amide bonds. The van der Waals surface area contributed by atoms with Gasteiger partial charge in [0.2, 0.25) is 5.91 Å². The van der Waals surface area contributed by atoms with Crippen LogP contribution in [0.4, 0.5) is 4.39 Å². The van der Waals surface area contributed by atoms with Crippen LogP contribution in [0.2, 0.25) is 0 Å². The molecule has 3 rings (SSSR count). The van der Waals surface area contributed by atoms with E-state index in [0.717, 1.165) is 12.8 Å². The molecule has 4 heteroatoms. The summed E-state index contributed by atoms with van der Waals surface area (Å²) in [6.45, 7) is 1.79. The SMILES string of the molecule is CC(O)(CNC(=O)C1C2CCCC21)c1ccc(F)cc1. The lowest BCUT2D eigenvalue weighted by atomic mass is 9.96. The van der Waals surface area contributed by atoms with Crippen molar-refractivity contribution >= 4 is 5.91 Å². The molecule has 0 aromatic heterocycles. The molecule has 2 saturated carbocycles. The van der Waals surface area contributed by atoms with E-state index in [2.05, 4.69) is 5.32 Å². The van der Waals surface area contributed by atoms with E-state index in [0.29, 0.717) is 17.4 Å². The summed E-state index contributed by atoms with van der Waals surface area (Å²) in [5.74, 6) is 1.03. The first-order valence-corrected chi connectivity index (χ1v) is 7.25. The zero-order chi connectivity index (χ0) is 14.3. The third kappa shape index (κ3) is 2.44. The van der Waals surface area contributed by atoms with Gasteiger partial charge in [0.15, 0.2) is 0 Å². The topological polar surface area (TPSA) is 49.3 Å². The van der Waals surface area contributed by atoms with Gasteiger partial charge in [-0.15, -0.1) is 0 Å². The first-order chi connectivity index (χ1) is 9.49. The lowest BCUT2D eigenvalue weighted by Crippen LogP contribution is -2.39. The Labute approximate surface area is 118 Å². The molecule has 1 aromatic rings. The molecule has 0 saturated heterocycles. The molecule has 2 aliphatic rings. The molecule has 108 valence electrons. The second-order valence-corrected chi connectivity index (χ2v) is 6.28. The van der Waals surface area contributed by atoms with E-state index < -0.39 is 5.60 Å². The Morgan fingerprint density at radius 2 is 1.95 bits per heavy atom. The van der Waals surface area contributed by atoms with Crippen molar-refractivity contribution in [2.75, 3.05) is 6.54 Å².